The van der Waals surface area contributed by atoms with Crippen LogP contribution in [0.2, 0.25) is 0 Å². The fraction of sp³-hybridized carbons (Fsp3) is 0.294. The first-order valence-corrected chi connectivity index (χ1v) is 6.78. The summed E-state index contributed by atoms with van der Waals surface area (Å²) in [6.45, 7) is 0. The van der Waals surface area contributed by atoms with E-state index in [1.54, 1.807) is 12.1 Å². The summed E-state index contributed by atoms with van der Waals surface area (Å²) in [5, 5.41) is 0. The zero-order chi connectivity index (χ0) is 15.3. The Hall–Kier alpha value is -1.84. The maximum Gasteiger partial charge on any atom is 0.273 e. The molecule has 0 spiro atoms. The Morgan fingerprint density at radius 2 is 0.905 bits per heavy atom. The van der Waals surface area contributed by atoms with Crippen LogP contribution >= 0.6 is 0 Å². The second kappa shape index (κ2) is 6.29. The number of halogens is 4. The van der Waals surface area contributed by atoms with Crippen LogP contribution in [-0.2, 0) is 11.8 Å². The van der Waals surface area contributed by atoms with Crippen molar-refractivity contribution in [2.45, 2.75) is 31.1 Å². The molecule has 2 aromatic carbocycles. The fourth-order valence-electron chi connectivity index (χ4n) is 2.19. The Bertz CT molecular complexity index is 498. The molecular formula is C17H16F4. The van der Waals surface area contributed by atoms with Crippen LogP contribution in [0.5, 0.6) is 0 Å². The van der Waals surface area contributed by atoms with E-state index < -0.39 is 24.7 Å². The van der Waals surface area contributed by atoms with Crippen LogP contribution in [0, 0.1) is 0 Å². The van der Waals surface area contributed by atoms with Crippen LogP contribution in [0.25, 0.3) is 0 Å². The van der Waals surface area contributed by atoms with E-state index in [0.29, 0.717) is 0 Å². The van der Waals surface area contributed by atoms with Gasteiger partial charge < -0.3 is 0 Å². The third-order valence-electron chi connectivity index (χ3n) is 3.37. The molecule has 0 bridgehead atoms. The second-order valence-corrected chi connectivity index (χ2v) is 4.99. The van der Waals surface area contributed by atoms with Gasteiger partial charge in [0.1, 0.15) is 0 Å². The molecule has 0 saturated heterocycles. The first kappa shape index (κ1) is 15.5. The van der Waals surface area contributed by atoms with E-state index in [0.717, 1.165) is 0 Å². The number of benzene rings is 2. The lowest BCUT2D eigenvalue weighted by Gasteiger charge is -2.20. The lowest BCUT2D eigenvalue weighted by Crippen LogP contribution is -2.17. The van der Waals surface area contributed by atoms with Gasteiger partial charge in [-0.15, -0.1) is 0 Å². The number of alkyl halides is 4. The molecule has 0 fully saturated rings. The Labute approximate surface area is 121 Å². The normalized spacial score (nSPS) is 12.4. The van der Waals surface area contributed by atoms with E-state index in [1.165, 1.54) is 48.5 Å². The van der Waals surface area contributed by atoms with Gasteiger partial charge in [0.15, 0.2) is 0 Å². The van der Waals surface area contributed by atoms with E-state index in [9.17, 15) is 17.6 Å². The summed E-state index contributed by atoms with van der Waals surface area (Å²) < 4.78 is 55.6. The van der Waals surface area contributed by atoms with Crippen LogP contribution in [0.1, 0.15) is 30.4 Å². The zero-order valence-corrected chi connectivity index (χ0v) is 11.4. The van der Waals surface area contributed by atoms with Gasteiger partial charge in [-0.1, -0.05) is 60.7 Å². The standard InChI is InChI=1S/C17H16F4/c18-16(19,14-8-3-1-4-9-14)12-7-13-17(20,21)15-10-5-2-6-11-15/h1-6,8-11H,7,12-13H2. The molecule has 0 aliphatic heterocycles. The molecule has 0 nitrogen and oxygen atoms in total. The predicted octanol–water partition coefficient (Wildman–Crippen LogP) is 5.74. The largest absolute Gasteiger partial charge is 0.273 e. The molecular weight excluding hydrogens is 280 g/mol. The van der Waals surface area contributed by atoms with Crippen molar-refractivity contribution in [3.8, 4) is 0 Å². The average Bonchev–Trinajstić information content (AvgIpc) is 2.49. The minimum Gasteiger partial charge on any atom is -0.201 e. The zero-order valence-electron chi connectivity index (χ0n) is 11.4. The van der Waals surface area contributed by atoms with E-state index in [1.807, 2.05) is 0 Å². The lowest BCUT2D eigenvalue weighted by atomic mass is 9.98. The minimum absolute atomic E-state index is 0.131. The number of hydrogen-bond acceptors (Lipinski definition) is 0. The van der Waals surface area contributed by atoms with Crippen LogP contribution < -0.4 is 0 Å². The van der Waals surface area contributed by atoms with Crippen LogP contribution in [-0.4, -0.2) is 0 Å². The smallest absolute Gasteiger partial charge is 0.201 e. The summed E-state index contributed by atoms with van der Waals surface area (Å²) in [5.41, 5.74) is -0.263. The topological polar surface area (TPSA) is 0 Å². The summed E-state index contributed by atoms with van der Waals surface area (Å²) in [6, 6.07) is 14.6. The molecule has 0 aliphatic carbocycles. The first-order chi connectivity index (χ1) is 9.92. The van der Waals surface area contributed by atoms with Crippen molar-refractivity contribution in [2.75, 3.05) is 0 Å². The molecule has 0 unspecified atom stereocenters. The Morgan fingerprint density at radius 1 is 0.571 bits per heavy atom. The molecule has 0 atom stereocenters. The summed E-state index contributed by atoms with van der Waals surface area (Å²) in [4.78, 5) is 0. The molecule has 0 N–H and O–H groups in total. The molecule has 112 valence electrons. The molecule has 4 heteroatoms. The van der Waals surface area contributed by atoms with Gasteiger partial charge in [0, 0.05) is 24.0 Å². The molecule has 0 aliphatic rings. The Balaban J connectivity index is 1.95. The molecule has 0 radical (unpaired) electrons. The van der Waals surface area contributed by atoms with Gasteiger partial charge in [0.05, 0.1) is 0 Å². The molecule has 21 heavy (non-hydrogen) atoms. The highest BCUT2D eigenvalue weighted by molar-refractivity contribution is 5.21. The van der Waals surface area contributed by atoms with Crippen molar-refractivity contribution in [1.82, 2.24) is 0 Å². The van der Waals surface area contributed by atoms with Crippen molar-refractivity contribution in [3.63, 3.8) is 0 Å². The third-order valence-corrected chi connectivity index (χ3v) is 3.37. The van der Waals surface area contributed by atoms with Crippen molar-refractivity contribution in [1.29, 1.82) is 0 Å². The summed E-state index contributed by atoms with van der Waals surface area (Å²) >= 11 is 0. The third kappa shape index (κ3) is 4.06. The van der Waals surface area contributed by atoms with Crippen LogP contribution in [0.4, 0.5) is 17.6 Å². The predicted molar refractivity (Wildman–Crippen MR) is 74.5 cm³/mol. The van der Waals surface area contributed by atoms with Crippen molar-refractivity contribution in [2.24, 2.45) is 0 Å². The SMILES string of the molecule is FC(F)(CCCC(F)(F)c1ccccc1)c1ccccc1. The van der Waals surface area contributed by atoms with Gasteiger partial charge >= 0.3 is 0 Å². The maximum atomic E-state index is 13.9. The quantitative estimate of drug-likeness (QED) is 0.596. The van der Waals surface area contributed by atoms with Gasteiger partial charge in [-0.05, 0) is 6.42 Å². The first-order valence-electron chi connectivity index (χ1n) is 6.78. The van der Waals surface area contributed by atoms with Gasteiger partial charge in [0.2, 0.25) is 0 Å². The highest BCUT2D eigenvalue weighted by Gasteiger charge is 2.35. The van der Waals surface area contributed by atoms with Crippen molar-refractivity contribution >= 4 is 0 Å². The van der Waals surface area contributed by atoms with E-state index in [2.05, 4.69) is 0 Å². The van der Waals surface area contributed by atoms with E-state index >= 15 is 0 Å². The van der Waals surface area contributed by atoms with Gasteiger partial charge in [-0.2, -0.15) is 0 Å². The maximum absolute atomic E-state index is 13.9. The van der Waals surface area contributed by atoms with Crippen LogP contribution in [0.3, 0.4) is 0 Å². The van der Waals surface area contributed by atoms with E-state index in [4.69, 9.17) is 0 Å². The van der Waals surface area contributed by atoms with Gasteiger partial charge in [0.25, 0.3) is 11.8 Å². The average molecular weight is 296 g/mol. The lowest BCUT2D eigenvalue weighted by molar-refractivity contribution is -0.0430. The van der Waals surface area contributed by atoms with Gasteiger partial charge in [-0.25, -0.2) is 17.6 Å². The number of hydrogen-bond donors (Lipinski definition) is 0. The molecule has 2 aromatic rings. The molecule has 2 rings (SSSR count). The Kier molecular flexibility index (Phi) is 4.66. The van der Waals surface area contributed by atoms with Crippen molar-refractivity contribution in [3.05, 3.63) is 71.8 Å². The summed E-state index contributed by atoms with van der Waals surface area (Å²) in [5.74, 6) is -6.15. The Morgan fingerprint density at radius 3 is 1.24 bits per heavy atom. The molecule has 0 heterocycles. The summed E-state index contributed by atoms with van der Waals surface area (Å²) in [7, 11) is 0. The second-order valence-electron chi connectivity index (χ2n) is 4.99. The van der Waals surface area contributed by atoms with Crippen molar-refractivity contribution < 1.29 is 17.6 Å². The highest BCUT2D eigenvalue weighted by Crippen LogP contribution is 2.38. The fourth-order valence-corrected chi connectivity index (χ4v) is 2.19. The highest BCUT2D eigenvalue weighted by atomic mass is 19.3. The molecule has 0 saturated carbocycles. The minimum atomic E-state index is -3.08. The molecule has 0 amide bonds. The number of rotatable bonds is 6. The molecule has 0 aromatic heterocycles. The van der Waals surface area contributed by atoms with Crippen LogP contribution in [0.15, 0.2) is 60.7 Å². The summed E-state index contributed by atoms with van der Waals surface area (Å²) in [6.07, 6.45) is -1.41. The van der Waals surface area contributed by atoms with Gasteiger partial charge in [-0.3, -0.25) is 0 Å². The monoisotopic (exact) mass is 296 g/mol. The van der Waals surface area contributed by atoms with E-state index in [-0.39, 0.29) is 17.5 Å².